The molecule has 0 unspecified atom stereocenters. The standard InChI is InChI=1S/C31H34Cl2FN3O4S/c1-21-8-15-27(16-9-21)42(40,41)37(26-14-17-28(32)29(33)18-26)20-30(38)36(19-23-10-12-24(34)13-11-23)22(2)31(39)35-25-6-4-3-5-7-25/h8-18,22,25H,3-7,19-20H2,1-2H3,(H,35,39)/t22-/m1/s1. The topological polar surface area (TPSA) is 86.8 Å². The number of benzene rings is 3. The average molecular weight is 635 g/mol. The summed E-state index contributed by atoms with van der Waals surface area (Å²) in [6, 6.07) is 15.3. The Bertz CT molecular complexity index is 1510. The lowest BCUT2D eigenvalue weighted by Gasteiger charge is -2.33. The van der Waals surface area contributed by atoms with Crippen LogP contribution in [0.4, 0.5) is 10.1 Å². The zero-order valence-corrected chi connectivity index (χ0v) is 25.9. The van der Waals surface area contributed by atoms with Crippen molar-refractivity contribution in [3.05, 3.63) is 93.7 Å². The molecule has 3 aromatic carbocycles. The summed E-state index contributed by atoms with van der Waals surface area (Å²) in [6.45, 7) is 2.80. The zero-order valence-electron chi connectivity index (χ0n) is 23.5. The minimum atomic E-state index is -4.24. The Hall–Kier alpha value is -3.14. The normalized spacial score (nSPS) is 14.7. The molecule has 1 aliphatic rings. The fourth-order valence-corrected chi connectivity index (χ4v) is 6.64. The van der Waals surface area contributed by atoms with E-state index in [0.29, 0.717) is 5.56 Å². The maximum Gasteiger partial charge on any atom is 0.264 e. The number of aryl methyl sites for hydroxylation is 1. The molecule has 1 saturated carbocycles. The molecule has 0 aromatic heterocycles. The monoisotopic (exact) mass is 633 g/mol. The SMILES string of the molecule is Cc1ccc(S(=O)(=O)N(CC(=O)N(Cc2ccc(F)cc2)[C@H](C)C(=O)NC2CCCCC2)c2ccc(Cl)c(Cl)c2)cc1. The third-order valence-electron chi connectivity index (χ3n) is 7.46. The number of carbonyl (C=O) groups is 2. The van der Waals surface area contributed by atoms with Gasteiger partial charge in [-0.2, -0.15) is 0 Å². The van der Waals surface area contributed by atoms with Crippen molar-refractivity contribution in [3.63, 3.8) is 0 Å². The molecule has 42 heavy (non-hydrogen) atoms. The van der Waals surface area contributed by atoms with Crippen molar-refractivity contribution in [3.8, 4) is 0 Å². The maximum absolute atomic E-state index is 14.0. The fourth-order valence-electron chi connectivity index (χ4n) is 4.94. The number of rotatable bonds is 10. The number of carbonyl (C=O) groups excluding carboxylic acids is 2. The van der Waals surface area contributed by atoms with Crippen molar-refractivity contribution < 1.29 is 22.4 Å². The lowest BCUT2D eigenvalue weighted by atomic mass is 9.95. The minimum Gasteiger partial charge on any atom is -0.352 e. The van der Waals surface area contributed by atoms with Gasteiger partial charge in [-0.15, -0.1) is 0 Å². The number of hydrogen-bond donors (Lipinski definition) is 1. The smallest absolute Gasteiger partial charge is 0.264 e. The minimum absolute atomic E-state index is 0.0138. The van der Waals surface area contributed by atoms with Crippen LogP contribution in [0.2, 0.25) is 10.0 Å². The lowest BCUT2D eigenvalue weighted by molar-refractivity contribution is -0.139. The molecule has 7 nitrogen and oxygen atoms in total. The van der Waals surface area contributed by atoms with Crippen LogP contribution in [0.5, 0.6) is 0 Å². The molecule has 0 saturated heterocycles. The average Bonchev–Trinajstić information content (AvgIpc) is 2.97. The first kappa shape index (κ1) is 31.8. The molecule has 224 valence electrons. The van der Waals surface area contributed by atoms with Crippen molar-refractivity contribution in [2.45, 2.75) is 69.5 Å². The highest BCUT2D eigenvalue weighted by molar-refractivity contribution is 7.92. The van der Waals surface area contributed by atoms with Gasteiger partial charge < -0.3 is 10.2 Å². The second-order valence-electron chi connectivity index (χ2n) is 10.6. The molecule has 0 heterocycles. The van der Waals surface area contributed by atoms with Crippen LogP contribution in [-0.2, 0) is 26.2 Å². The molecule has 4 rings (SSSR count). The van der Waals surface area contributed by atoms with Gasteiger partial charge in [0.05, 0.1) is 20.6 Å². The lowest BCUT2D eigenvalue weighted by Crippen LogP contribution is -2.53. The van der Waals surface area contributed by atoms with Gasteiger partial charge in [-0.1, -0.05) is 72.3 Å². The highest BCUT2D eigenvalue weighted by atomic mass is 35.5. The molecule has 1 fully saturated rings. The van der Waals surface area contributed by atoms with Crippen LogP contribution in [0, 0.1) is 12.7 Å². The van der Waals surface area contributed by atoms with Gasteiger partial charge in [-0.05, 0) is 74.7 Å². The van der Waals surface area contributed by atoms with E-state index in [4.69, 9.17) is 23.2 Å². The van der Waals surface area contributed by atoms with E-state index in [1.165, 1.54) is 59.5 Å². The summed E-state index contributed by atoms with van der Waals surface area (Å²) in [6.07, 6.45) is 4.89. The second-order valence-corrected chi connectivity index (χ2v) is 13.3. The van der Waals surface area contributed by atoms with Crippen LogP contribution in [0.1, 0.15) is 50.2 Å². The van der Waals surface area contributed by atoms with Gasteiger partial charge in [-0.3, -0.25) is 13.9 Å². The van der Waals surface area contributed by atoms with Gasteiger partial charge >= 0.3 is 0 Å². The Kier molecular flexibility index (Phi) is 10.5. The summed E-state index contributed by atoms with van der Waals surface area (Å²) in [7, 11) is -4.24. The summed E-state index contributed by atoms with van der Waals surface area (Å²) in [4.78, 5) is 28.7. The van der Waals surface area contributed by atoms with Crippen molar-refractivity contribution in [1.82, 2.24) is 10.2 Å². The Morgan fingerprint density at radius 1 is 0.952 bits per heavy atom. The Balaban J connectivity index is 1.69. The molecule has 1 atom stereocenters. The molecule has 0 spiro atoms. The quantitative estimate of drug-likeness (QED) is 0.276. The van der Waals surface area contributed by atoms with Crippen LogP contribution in [0.15, 0.2) is 71.6 Å². The van der Waals surface area contributed by atoms with Gasteiger partial charge in [0, 0.05) is 12.6 Å². The van der Waals surface area contributed by atoms with Gasteiger partial charge in [0.25, 0.3) is 10.0 Å². The van der Waals surface area contributed by atoms with E-state index in [2.05, 4.69) is 5.32 Å². The van der Waals surface area contributed by atoms with Crippen LogP contribution in [0.3, 0.4) is 0 Å². The summed E-state index contributed by atoms with van der Waals surface area (Å²) < 4.78 is 42.4. The molecular formula is C31H34Cl2FN3O4S. The number of nitrogens with one attached hydrogen (secondary N) is 1. The molecule has 11 heteroatoms. The van der Waals surface area contributed by atoms with E-state index in [1.54, 1.807) is 19.1 Å². The van der Waals surface area contributed by atoms with E-state index in [-0.39, 0.29) is 39.1 Å². The van der Waals surface area contributed by atoms with Gasteiger partial charge in [0.2, 0.25) is 11.8 Å². The first-order valence-corrected chi connectivity index (χ1v) is 16.0. The predicted molar refractivity (Wildman–Crippen MR) is 164 cm³/mol. The molecule has 0 bridgehead atoms. The Morgan fingerprint density at radius 2 is 1.60 bits per heavy atom. The zero-order chi connectivity index (χ0) is 30.4. The van der Waals surface area contributed by atoms with E-state index >= 15 is 0 Å². The third kappa shape index (κ3) is 7.82. The van der Waals surface area contributed by atoms with Crippen LogP contribution >= 0.6 is 23.2 Å². The van der Waals surface area contributed by atoms with Crippen molar-refractivity contribution in [1.29, 1.82) is 0 Å². The van der Waals surface area contributed by atoms with Crippen LogP contribution in [-0.4, -0.2) is 43.8 Å². The predicted octanol–water partition coefficient (Wildman–Crippen LogP) is 6.50. The first-order chi connectivity index (χ1) is 20.0. The number of sulfonamides is 1. The van der Waals surface area contributed by atoms with E-state index in [1.807, 2.05) is 6.92 Å². The fraction of sp³-hybridized carbons (Fsp3) is 0.355. The molecule has 0 aliphatic heterocycles. The van der Waals surface area contributed by atoms with E-state index < -0.39 is 34.3 Å². The van der Waals surface area contributed by atoms with E-state index in [0.717, 1.165) is 42.0 Å². The largest absolute Gasteiger partial charge is 0.352 e. The second kappa shape index (κ2) is 13.9. The van der Waals surface area contributed by atoms with Gasteiger partial charge in [0.1, 0.15) is 18.4 Å². The number of nitrogens with zero attached hydrogens (tertiary/aromatic N) is 2. The molecule has 0 radical (unpaired) electrons. The molecule has 1 aliphatic carbocycles. The van der Waals surface area contributed by atoms with Gasteiger partial charge in [0.15, 0.2) is 0 Å². The summed E-state index contributed by atoms with van der Waals surface area (Å²) >= 11 is 12.3. The van der Waals surface area contributed by atoms with Crippen molar-refractivity contribution in [2.24, 2.45) is 0 Å². The molecular weight excluding hydrogens is 600 g/mol. The Morgan fingerprint density at radius 3 is 2.21 bits per heavy atom. The van der Waals surface area contributed by atoms with Crippen LogP contribution < -0.4 is 9.62 Å². The van der Waals surface area contributed by atoms with Gasteiger partial charge in [-0.25, -0.2) is 12.8 Å². The first-order valence-electron chi connectivity index (χ1n) is 13.8. The number of amides is 2. The third-order valence-corrected chi connectivity index (χ3v) is 9.99. The summed E-state index contributed by atoms with van der Waals surface area (Å²) in [5, 5.41) is 3.40. The number of hydrogen-bond acceptors (Lipinski definition) is 4. The number of halogens is 3. The molecule has 3 aromatic rings. The highest BCUT2D eigenvalue weighted by Crippen LogP contribution is 2.31. The summed E-state index contributed by atoms with van der Waals surface area (Å²) in [5.41, 5.74) is 1.60. The number of anilines is 1. The molecule has 1 N–H and O–H groups in total. The summed E-state index contributed by atoms with van der Waals surface area (Å²) in [5.74, 6) is -1.39. The van der Waals surface area contributed by atoms with Crippen molar-refractivity contribution >= 4 is 50.7 Å². The Labute approximate surface area is 256 Å². The van der Waals surface area contributed by atoms with Crippen LogP contribution in [0.25, 0.3) is 0 Å². The van der Waals surface area contributed by atoms with Crippen molar-refractivity contribution in [2.75, 3.05) is 10.8 Å². The molecule has 2 amide bonds. The maximum atomic E-state index is 14.0. The van der Waals surface area contributed by atoms with E-state index in [9.17, 15) is 22.4 Å². The highest BCUT2D eigenvalue weighted by Gasteiger charge is 2.33.